The van der Waals surface area contributed by atoms with Gasteiger partial charge in [-0.15, -0.1) is 0 Å². The SMILES string of the molecule is CC1(C)Cc2cc(CNC(=O)N3CCC(N4CCCCC4)C3)ccc2O1.O=CO. The van der Waals surface area contributed by atoms with Crippen molar-refractivity contribution in [1.82, 2.24) is 15.1 Å². The standard InChI is InChI=1S/C21H31N3O2.CH2O2/c1-21(2)13-17-12-16(6-7-19(17)26-21)14-22-20(25)24-11-8-18(15-24)23-9-4-3-5-10-23;2-1-3/h6-7,12,18H,3-5,8-11,13-15H2,1-2H3,(H,22,25);1H,(H,2,3). The van der Waals surface area contributed by atoms with E-state index in [0.29, 0.717) is 12.6 Å². The molecule has 0 aliphatic carbocycles. The smallest absolute Gasteiger partial charge is 0.317 e. The Kier molecular flexibility index (Phi) is 7.00. The Labute approximate surface area is 173 Å². The Morgan fingerprint density at radius 2 is 2.00 bits per heavy atom. The molecule has 3 heterocycles. The predicted molar refractivity (Wildman–Crippen MR) is 111 cm³/mol. The van der Waals surface area contributed by atoms with Crippen LogP contribution in [0.5, 0.6) is 5.75 Å². The third-order valence-electron chi connectivity index (χ3n) is 5.93. The van der Waals surface area contributed by atoms with Crippen molar-refractivity contribution in [3.05, 3.63) is 29.3 Å². The first-order valence-corrected chi connectivity index (χ1v) is 10.6. The van der Waals surface area contributed by atoms with Crippen LogP contribution in [0.25, 0.3) is 0 Å². The van der Waals surface area contributed by atoms with Crippen LogP contribution in [0.1, 0.15) is 50.7 Å². The summed E-state index contributed by atoms with van der Waals surface area (Å²) in [5, 5.41) is 9.99. The molecule has 0 saturated carbocycles. The number of carbonyl (C=O) groups is 2. The van der Waals surface area contributed by atoms with Gasteiger partial charge in [-0.3, -0.25) is 9.69 Å². The molecule has 0 aromatic heterocycles. The third kappa shape index (κ3) is 5.63. The van der Waals surface area contributed by atoms with Crippen molar-refractivity contribution in [1.29, 1.82) is 0 Å². The molecule has 1 aromatic carbocycles. The van der Waals surface area contributed by atoms with Gasteiger partial charge in [0.25, 0.3) is 6.47 Å². The summed E-state index contributed by atoms with van der Waals surface area (Å²) in [4.78, 5) is 25.5. The quantitative estimate of drug-likeness (QED) is 0.759. The zero-order valence-corrected chi connectivity index (χ0v) is 17.5. The molecule has 0 radical (unpaired) electrons. The maximum absolute atomic E-state index is 12.6. The molecule has 160 valence electrons. The number of urea groups is 1. The lowest BCUT2D eigenvalue weighted by Gasteiger charge is -2.32. The number of fused-ring (bicyclic) bond motifs is 1. The van der Waals surface area contributed by atoms with E-state index in [1.54, 1.807) is 0 Å². The number of rotatable bonds is 3. The summed E-state index contributed by atoms with van der Waals surface area (Å²) >= 11 is 0. The highest BCUT2D eigenvalue weighted by atomic mass is 16.5. The molecule has 29 heavy (non-hydrogen) atoms. The van der Waals surface area contributed by atoms with Gasteiger partial charge in [-0.05, 0) is 63.4 Å². The maximum atomic E-state index is 12.6. The first-order chi connectivity index (χ1) is 13.9. The fraction of sp³-hybridized carbons (Fsp3) is 0.636. The molecule has 4 rings (SSSR count). The van der Waals surface area contributed by atoms with E-state index < -0.39 is 0 Å². The van der Waals surface area contributed by atoms with Crippen molar-refractivity contribution >= 4 is 12.5 Å². The van der Waals surface area contributed by atoms with E-state index >= 15 is 0 Å². The van der Waals surface area contributed by atoms with E-state index in [-0.39, 0.29) is 18.1 Å². The highest BCUT2D eigenvalue weighted by Crippen LogP contribution is 2.35. The average molecular weight is 404 g/mol. The van der Waals surface area contributed by atoms with Gasteiger partial charge in [0.05, 0.1) is 0 Å². The molecule has 1 atom stereocenters. The molecule has 1 unspecified atom stereocenters. The number of carbonyl (C=O) groups excluding carboxylic acids is 1. The zero-order chi connectivity index (χ0) is 20.9. The van der Waals surface area contributed by atoms with Gasteiger partial charge in [-0.2, -0.15) is 0 Å². The van der Waals surface area contributed by atoms with E-state index in [2.05, 4.69) is 36.2 Å². The molecule has 7 nitrogen and oxygen atoms in total. The van der Waals surface area contributed by atoms with E-state index in [1.807, 2.05) is 11.0 Å². The average Bonchev–Trinajstić information content (AvgIpc) is 3.30. The summed E-state index contributed by atoms with van der Waals surface area (Å²) < 4.78 is 5.93. The molecular formula is C22H33N3O4. The topological polar surface area (TPSA) is 82.1 Å². The predicted octanol–water partition coefficient (Wildman–Crippen LogP) is 2.87. The number of benzene rings is 1. The summed E-state index contributed by atoms with van der Waals surface area (Å²) in [7, 11) is 0. The van der Waals surface area contributed by atoms with Crippen LogP contribution in [-0.4, -0.2) is 65.2 Å². The van der Waals surface area contributed by atoms with Gasteiger partial charge >= 0.3 is 6.03 Å². The molecule has 0 bridgehead atoms. The van der Waals surface area contributed by atoms with Gasteiger partial charge in [-0.25, -0.2) is 4.79 Å². The number of nitrogens with zero attached hydrogens (tertiary/aromatic N) is 2. The number of nitrogens with one attached hydrogen (secondary N) is 1. The van der Waals surface area contributed by atoms with Crippen LogP contribution in [-0.2, 0) is 17.8 Å². The molecule has 3 aliphatic heterocycles. The second-order valence-corrected chi connectivity index (χ2v) is 8.73. The first-order valence-electron chi connectivity index (χ1n) is 10.6. The van der Waals surface area contributed by atoms with E-state index in [9.17, 15) is 4.79 Å². The number of hydrogen-bond acceptors (Lipinski definition) is 4. The summed E-state index contributed by atoms with van der Waals surface area (Å²) in [6.45, 7) is 8.71. The molecule has 1 aromatic rings. The van der Waals surface area contributed by atoms with Crippen LogP contribution < -0.4 is 10.1 Å². The molecule has 3 aliphatic rings. The summed E-state index contributed by atoms with van der Waals surface area (Å²) in [5.41, 5.74) is 2.27. The number of ether oxygens (including phenoxy) is 1. The van der Waals surface area contributed by atoms with Gasteiger partial charge in [0.2, 0.25) is 0 Å². The van der Waals surface area contributed by atoms with Crippen molar-refractivity contribution in [3.63, 3.8) is 0 Å². The van der Waals surface area contributed by atoms with Crippen LogP contribution in [0.3, 0.4) is 0 Å². The van der Waals surface area contributed by atoms with Gasteiger partial charge in [0, 0.05) is 32.1 Å². The number of likely N-dealkylation sites (tertiary alicyclic amines) is 2. The zero-order valence-electron chi connectivity index (χ0n) is 17.5. The van der Waals surface area contributed by atoms with Crippen LogP contribution in [0.15, 0.2) is 18.2 Å². The highest BCUT2D eigenvalue weighted by Gasteiger charge is 2.31. The maximum Gasteiger partial charge on any atom is 0.317 e. The number of carboxylic acid groups (broad SMARTS) is 1. The van der Waals surface area contributed by atoms with Crippen molar-refractivity contribution in [2.75, 3.05) is 26.2 Å². The van der Waals surface area contributed by atoms with E-state index in [1.165, 1.54) is 37.9 Å². The normalized spacial score (nSPS) is 22.8. The Bertz CT molecular complexity index is 716. The Hall–Kier alpha value is -2.28. The molecule has 2 N–H and O–H groups in total. The number of amides is 2. The third-order valence-corrected chi connectivity index (χ3v) is 5.93. The van der Waals surface area contributed by atoms with Crippen LogP contribution in [0, 0.1) is 0 Å². The van der Waals surface area contributed by atoms with Crippen molar-refractivity contribution in [3.8, 4) is 5.75 Å². The number of hydrogen-bond donors (Lipinski definition) is 2. The van der Waals surface area contributed by atoms with Gasteiger partial charge < -0.3 is 20.1 Å². The minimum Gasteiger partial charge on any atom is -0.487 e. The van der Waals surface area contributed by atoms with Crippen LogP contribution in [0.4, 0.5) is 4.79 Å². The molecule has 2 saturated heterocycles. The fourth-order valence-electron chi connectivity index (χ4n) is 4.57. The lowest BCUT2D eigenvalue weighted by Crippen LogP contribution is -2.43. The van der Waals surface area contributed by atoms with Crippen molar-refractivity contribution in [2.45, 2.75) is 64.1 Å². The Morgan fingerprint density at radius 3 is 2.72 bits per heavy atom. The van der Waals surface area contributed by atoms with Crippen molar-refractivity contribution < 1.29 is 19.4 Å². The van der Waals surface area contributed by atoms with Crippen LogP contribution in [0.2, 0.25) is 0 Å². The second kappa shape index (κ2) is 9.48. The molecule has 2 amide bonds. The highest BCUT2D eigenvalue weighted by molar-refractivity contribution is 5.74. The molecule has 7 heteroatoms. The molecule has 0 spiro atoms. The van der Waals surface area contributed by atoms with Crippen molar-refractivity contribution in [2.24, 2.45) is 0 Å². The Balaban J connectivity index is 0.000000755. The first kappa shape index (κ1) is 21.4. The lowest BCUT2D eigenvalue weighted by molar-refractivity contribution is -0.122. The Morgan fingerprint density at radius 1 is 1.28 bits per heavy atom. The number of piperidine rings is 1. The lowest BCUT2D eigenvalue weighted by atomic mass is 10.0. The van der Waals surface area contributed by atoms with Crippen LogP contribution >= 0.6 is 0 Å². The summed E-state index contributed by atoms with van der Waals surface area (Å²) in [6.07, 6.45) is 6.01. The summed E-state index contributed by atoms with van der Waals surface area (Å²) in [5.74, 6) is 0.981. The monoisotopic (exact) mass is 403 g/mol. The van der Waals surface area contributed by atoms with Gasteiger partial charge in [0.1, 0.15) is 11.4 Å². The minimum absolute atomic E-state index is 0.0709. The molecular weight excluding hydrogens is 370 g/mol. The van der Waals surface area contributed by atoms with E-state index in [0.717, 1.165) is 37.2 Å². The summed E-state index contributed by atoms with van der Waals surface area (Å²) in [6, 6.07) is 6.89. The minimum atomic E-state index is -0.250. The largest absolute Gasteiger partial charge is 0.487 e. The fourth-order valence-corrected chi connectivity index (χ4v) is 4.57. The van der Waals surface area contributed by atoms with E-state index in [4.69, 9.17) is 14.6 Å². The van der Waals surface area contributed by atoms with Gasteiger partial charge in [-0.1, -0.05) is 18.6 Å². The second-order valence-electron chi connectivity index (χ2n) is 8.73. The van der Waals surface area contributed by atoms with Gasteiger partial charge in [0.15, 0.2) is 0 Å². The molecule has 2 fully saturated rings.